The smallest absolute Gasteiger partial charge is 0.278 e. The normalized spacial score (nSPS) is 10.8. The second-order valence-electron chi connectivity index (χ2n) is 4.85. The Kier molecular flexibility index (Phi) is 3.09. The number of nitrogens with one attached hydrogen (secondary N) is 1. The van der Waals surface area contributed by atoms with Crippen molar-refractivity contribution >= 4 is 17.5 Å². The fourth-order valence-electron chi connectivity index (χ4n) is 2.20. The molecule has 0 fully saturated rings. The average Bonchev–Trinajstić information content (AvgIpc) is 3.25. The minimum absolute atomic E-state index is 0.194. The van der Waals surface area contributed by atoms with E-state index in [0.717, 1.165) is 11.3 Å². The third kappa shape index (κ3) is 2.55. The summed E-state index contributed by atoms with van der Waals surface area (Å²) in [4.78, 5) is 20.7. The summed E-state index contributed by atoms with van der Waals surface area (Å²) in [5, 5.41) is 6.24. The van der Waals surface area contributed by atoms with Crippen LogP contribution in [0.4, 0.5) is 5.82 Å². The summed E-state index contributed by atoms with van der Waals surface area (Å²) < 4.78 is 6.45. The van der Waals surface area contributed by atoms with Gasteiger partial charge in [-0.2, -0.15) is 4.98 Å². The molecule has 1 aromatic carbocycles. The highest BCUT2D eigenvalue weighted by Gasteiger charge is 2.11. The molecule has 0 unspecified atom stereocenters. The Bertz CT molecular complexity index is 961. The Hall–Kier alpha value is -3.48. The summed E-state index contributed by atoms with van der Waals surface area (Å²) in [6.45, 7) is 0. The number of hydrogen-bond donors (Lipinski definition) is 1. The van der Waals surface area contributed by atoms with Gasteiger partial charge in [0.15, 0.2) is 5.69 Å². The van der Waals surface area contributed by atoms with E-state index in [1.807, 2.05) is 36.5 Å². The zero-order chi connectivity index (χ0) is 15.6. The molecule has 0 saturated heterocycles. The summed E-state index contributed by atoms with van der Waals surface area (Å²) >= 11 is 0. The molecular formula is C16H11N5O2. The summed E-state index contributed by atoms with van der Waals surface area (Å²) in [6.07, 6.45) is 5.02. The lowest BCUT2D eigenvalue weighted by molar-refractivity contribution is 0.101. The molecule has 4 rings (SSSR count). The molecule has 23 heavy (non-hydrogen) atoms. The first-order valence-corrected chi connectivity index (χ1v) is 6.92. The Labute approximate surface area is 130 Å². The van der Waals surface area contributed by atoms with Crippen LogP contribution in [0.25, 0.3) is 17.0 Å². The number of imidazole rings is 1. The first-order valence-electron chi connectivity index (χ1n) is 6.92. The van der Waals surface area contributed by atoms with Crippen LogP contribution in [0.3, 0.4) is 0 Å². The molecule has 1 amide bonds. The van der Waals surface area contributed by atoms with Crippen LogP contribution >= 0.6 is 0 Å². The van der Waals surface area contributed by atoms with Gasteiger partial charge in [-0.1, -0.05) is 35.5 Å². The second kappa shape index (κ2) is 5.38. The maximum absolute atomic E-state index is 11.9. The molecule has 7 heteroatoms. The van der Waals surface area contributed by atoms with Gasteiger partial charge in [0.05, 0.1) is 5.69 Å². The maximum atomic E-state index is 11.9. The van der Waals surface area contributed by atoms with Crippen LogP contribution < -0.4 is 5.32 Å². The zero-order valence-corrected chi connectivity index (χ0v) is 11.9. The molecular weight excluding hydrogens is 294 g/mol. The van der Waals surface area contributed by atoms with Crippen LogP contribution in [0.15, 0.2) is 65.6 Å². The number of fused-ring (bicyclic) bond motifs is 1. The predicted molar refractivity (Wildman–Crippen MR) is 82.9 cm³/mol. The molecule has 1 N–H and O–H groups in total. The highest BCUT2D eigenvalue weighted by Crippen LogP contribution is 2.18. The van der Waals surface area contributed by atoms with Gasteiger partial charge in [0.2, 0.25) is 5.78 Å². The number of benzene rings is 1. The Balaban J connectivity index is 1.64. The van der Waals surface area contributed by atoms with Gasteiger partial charge in [0.1, 0.15) is 12.1 Å². The van der Waals surface area contributed by atoms with Crippen molar-refractivity contribution in [3.8, 4) is 11.3 Å². The molecule has 0 aliphatic heterocycles. The molecule has 0 aliphatic carbocycles. The van der Waals surface area contributed by atoms with Crippen LogP contribution in [0.5, 0.6) is 0 Å². The number of carbonyl (C=O) groups excluding carboxylic acids is 1. The highest BCUT2D eigenvalue weighted by atomic mass is 16.5. The van der Waals surface area contributed by atoms with E-state index >= 15 is 0 Å². The average molecular weight is 305 g/mol. The van der Waals surface area contributed by atoms with E-state index in [2.05, 4.69) is 25.0 Å². The van der Waals surface area contributed by atoms with Crippen molar-refractivity contribution in [1.82, 2.24) is 19.5 Å². The molecule has 7 nitrogen and oxygen atoms in total. The van der Waals surface area contributed by atoms with Crippen molar-refractivity contribution < 1.29 is 9.32 Å². The summed E-state index contributed by atoms with van der Waals surface area (Å²) in [5.74, 6) is 0.517. The van der Waals surface area contributed by atoms with Gasteiger partial charge >= 0.3 is 0 Å². The van der Waals surface area contributed by atoms with Gasteiger partial charge in [-0.25, -0.2) is 4.98 Å². The topological polar surface area (TPSA) is 85.3 Å². The lowest BCUT2D eigenvalue weighted by Crippen LogP contribution is -2.13. The van der Waals surface area contributed by atoms with Crippen molar-refractivity contribution in [1.29, 1.82) is 0 Å². The van der Waals surface area contributed by atoms with Crippen LogP contribution in [0.2, 0.25) is 0 Å². The van der Waals surface area contributed by atoms with E-state index in [9.17, 15) is 4.79 Å². The lowest BCUT2D eigenvalue weighted by atomic mass is 10.2. The molecule has 3 aromatic heterocycles. The minimum Gasteiger partial charge on any atom is -0.364 e. The number of aromatic nitrogens is 4. The van der Waals surface area contributed by atoms with Crippen LogP contribution in [0.1, 0.15) is 10.5 Å². The first kappa shape index (κ1) is 13.2. The number of amides is 1. The van der Waals surface area contributed by atoms with Gasteiger partial charge < -0.3 is 9.84 Å². The largest absolute Gasteiger partial charge is 0.364 e. The molecule has 0 bridgehead atoms. The van der Waals surface area contributed by atoms with Crippen LogP contribution in [-0.2, 0) is 0 Å². The van der Waals surface area contributed by atoms with Gasteiger partial charge in [0.25, 0.3) is 5.91 Å². The van der Waals surface area contributed by atoms with E-state index in [-0.39, 0.29) is 11.6 Å². The van der Waals surface area contributed by atoms with E-state index in [1.165, 1.54) is 12.3 Å². The number of nitrogens with zero attached hydrogens (tertiary/aromatic N) is 4. The second-order valence-corrected chi connectivity index (χ2v) is 4.85. The van der Waals surface area contributed by atoms with Crippen molar-refractivity contribution in [3.05, 3.63) is 66.8 Å². The number of rotatable bonds is 3. The van der Waals surface area contributed by atoms with Crippen molar-refractivity contribution in [2.24, 2.45) is 0 Å². The van der Waals surface area contributed by atoms with E-state index in [4.69, 9.17) is 0 Å². The van der Waals surface area contributed by atoms with Crippen LogP contribution in [-0.4, -0.2) is 25.4 Å². The minimum atomic E-state index is -0.384. The Morgan fingerprint density at radius 3 is 2.74 bits per heavy atom. The summed E-state index contributed by atoms with van der Waals surface area (Å²) in [6, 6.07) is 13.0. The van der Waals surface area contributed by atoms with Crippen molar-refractivity contribution in [3.63, 3.8) is 0 Å². The zero-order valence-electron chi connectivity index (χ0n) is 11.9. The van der Waals surface area contributed by atoms with Gasteiger partial charge in [0, 0.05) is 24.0 Å². The van der Waals surface area contributed by atoms with Gasteiger partial charge in [-0.05, 0) is 6.07 Å². The number of hydrogen-bond acceptors (Lipinski definition) is 5. The third-order valence-electron chi connectivity index (χ3n) is 3.31. The molecule has 0 aliphatic rings. The van der Waals surface area contributed by atoms with E-state index in [0.29, 0.717) is 11.6 Å². The van der Waals surface area contributed by atoms with Crippen LogP contribution in [0, 0.1) is 0 Å². The number of carbonyl (C=O) groups is 1. The molecule has 0 atom stereocenters. The molecule has 112 valence electrons. The molecule has 4 aromatic rings. The Morgan fingerprint density at radius 1 is 1.09 bits per heavy atom. The fourth-order valence-corrected chi connectivity index (χ4v) is 2.20. The standard InChI is InChI=1S/C16H11N5O2/c22-15(12-7-9-23-20-12)18-14-6-8-21-10-13(17-16(21)19-14)11-4-2-1-3-5-11/h1-10H,(H,17,18,19,22). The lowest BCUT2D eigenvalue weighted by Gasteiger charge is -2.01. The number of anilines is 1. The van der Waals surface area contributed by atoms with Gasteiger partial charge in [-0.15, -0.1) is 0 Å². The van der Waals surface area contributed by atoms with Gasteiger partial charge in [-0.3, -0.25) is 9.20 Å². The maximum Gasteiger partial charge on any atom is 0.278 e. The summed E-state index contributed by atoms with van der Waals surface area (Å²) in [7, 11) is 0. The molecule has 0 spiro atoms. The van der Waals surface area contributed by atoms with E-state index < -0.39 is 0 Å². The third-order valence-corrected chi connectivity index (χ3v) is 3.31. The molecule has 0 radical (unpaired) electrons. The fraction of sp³-hybridized carbons (Fsp3) is 0. The summed E-state index contributed by atoms with van der Waals surface area (Å²) in [5.41, 5.74) is 2.02. The van der Waals surface area contributed by atoms with Crippen molar-refractivity contribution in [2.45, 2.75) is 0 Å². The van der Waals surface area contributed by atoms with E-state index in [1.54, 1.807) is 16.7 Å². The predicted octanol–water partition coefficient (Wildman–Crippen LogP) is 2.64. The SMILES string of the molecule is O=C(Nc1ccn2cc(-c3ccccc3)nc2n1)c1ccon1. The first-order chi connectivity index (χ1) is 11.3. The molecule has 0 saturated carbocycles. The molecule has 3 heterocycles. The van der Waals surface area contributed by atoms with Crippen molar-refractivity contribution in [2.75, 3.05) is 5.32 Å². The highest BCUT2D eigenvalue weighted by molar-refractivity contribution is 6.02. The Morgan fingerprint density at radius 2 is 1.96 bits per heavy atom. The monoisotopic (exact) mass is 305 g/mol. The quantitative estimate of drug-likeness (QED) is 0.629.